The van der Waals surface area contributed by atoms with E-state index in [1.54, 1.807) is 0 Å². The Balaban J connectivity index is 0.00000225. The standard InChI is InChI=1S/C21H30N4O2.ClH/c1-3-5-17-19-16(13-18(14-6-7-14)23-20(19)27-24-17)21(26)25(12-4-2)15-8-10-22-11-9-15;/h13-15,22H,3-12H2,1-2H3;1H. The van der Waals surface area contributed by atoms with Crippen molar-refractivity contribution in [3.63, 3.8) is 0 Å². The number of carbonyl (C=O) groups excluding carboxylic acids is 1. The molecule has 6 nitrogen and oxygen atoms in total. The molecule has 3 heterocycles. The summed E-state index contributed by atoms with van der Waals surface area (Å²) in [7, 11) is 0. The van der Waals surface area contributed by atoms with Crippen LogP contribution in [-0.2, 0) is 6.42 Å². The van der Waals surface area contributed by atoms with Gasteiger partial charge in [0.25, 0.3) is 11.6 Å². The first kappa shape index (κ1) is 21.1. The number of nitrogens with one attached hydrogen (secondary N) is 1. The first-order valence-electron chi connectivity index (χ1n) is 10.5. The van der Waals surface area contributed by atoms with E-state index in [9.17, 15) is 4.79 Å². The number of aromatic nitrogens is 2. The molecule has 2 aliphatic rings. The van der Waals surface area contributed by atoms with Crippen LogP contribution in [0.3, 0.4) is 0 Å². The van der Waals surface area contributed by atoms with Crippen LogP contribution in [0.1, 0.15) is 80.0 Å². The largest absolute Gasteiger partial charge is 0.336 e. The fraction of sp³-hybridized carbons (Fsp3) is 0.667. The summed E-state index contributed by atoms with van der Waals surface area (Å²) in [6, 6.07) is 2.34. The smallest absolute Gasteiger partial charge is 0.259 e. The van der Waals surface area contributed by atoms with Crippen LogP contribution in [0.25, 0.3) is 11.1 Å². The van der Waals surface area contributed by atoms with Crippen LogP contribution in [-0.4, -0.2) is 46.6 Å². The highest BCUT2D eigenvalue weighted by molar-refractivity contribution is 6.06. The van der Waals surface area contributed by atoms with Crippen molar-refractivity contribution < 1.29 is 9.32 Å². The van der Waals surface area contributed by atoms with E-state index in [1.807, 2.05) is 6.07 Å². The highest BCUT2D eigenvalue weighted by atomic mass is 35.5. The summed E-state index contributed by atoms with van der Waals surface area (Å²) < 4.78 is 5.55. The maximum atomic E-state index is 13.7. The van der Waals surface area contributed by atoms with Gasteiger partial charge in [-0.1, -0.05) is 25.4 Å². The van der Waals surface area contributed by atoms with Crippen molar-refractivity contribution in [2.24, 2.45) is 0 Å². The molecule has 4 rings (SSSR count). The fourth-order valence-corrected chi connectivity index (χ4v) is 4.16. The second kappa shape index (κ2) is 9.23. The van der Waals surface area contributed by atoms with Crippen LogP contribution in [0.2, 0.25) is 0 Å². The molecule has 0 radical (unpaired) electrons. The Morgan fingerprint density at radius 1 is 1.21 bits per heavy atom. The van der Waals surface area contributed by atoms with E-state index in [1.165, 1.54) is 0 Å². The third-order valence-electron chi connectivity index (χ3n) is 5.72. The number of aryl methyl sites for hydroxylation is 1. The van der Waals surface area contributed by atoms with Gasteiger partial charge in [-0.2, -0.15) is 0 Å². The topological polar surface area (TPSA) is 71.3 Å². The van der Waals surface area contributed by atoms with Gasteiger partial charge in [-0.15, -0.1) is 12.4 Å². The molecule has 1 aliphatic carbocycles. The molecular formula is C21H31ClN4O2. The van der Waals surface area contributed by atoms with Gasteiger partial charge in [0.2, 0.25) is 0 Å². The Hall–Kier alpha value is -1.66. The second-order valence-electron chi connectivity index (χ2n) is 7.91. The first-order valence-corrected chi connectivity index (χ1v) is 10.5. The summed E-state index contributed by atoms with van der Waals surface area (Å²) in [5.41, 5.74) is 3.14. The number of pyridine rings is 1. The van der Waals surface area contributed by atoms with E-state index in [0.29, 0.717) is 17.7 Å². The monoisotopic (exact) mass is 406 g/mol. The summed E-state index contributed by atoms with van der Waals surface area (Å²) in [6.45, 7) is 7.01. The molecule has 2 aromatic rings. The van der Waals surface area contributed by atoms with Crippen molar-refractivity contribution in [2.75, 3.05) is 19.6 Å². The highest BCUT2D eigenvalue weighted by Gasteiger charge is 2.32. The summed E-state index contributed by atoms with van der Waals surface area (Å²) in [6.07, 6.45) is 7.06. The molecule has 1 aliphatic heterocycles. The van der Waals surface area contributed by atoms with Gasteiger partial charge in [-0.3, -0.25) is 4.79 Å². The number of nitrogens with zero attached hydrogens (tertiary/aromatic N) is 3. The van der Waals surface area contributed by atoms with Crippen molar-refractivity contribution in [2.45, 2.75) is 70.8 Å². The van der Waals surface area contributed by atoms with Gasteiger partial charge in [-0.25, -0.2) is 4.98 Å². The number of hydrogen-bond donors (Lipinski definition) is 1. The lowest BCUT2D eigenvalue weighted by atomic mass is 10.0. The SMILES string of the molecule is CCCc1noc2nc(C3CC3)cc(C(=O)N(CCC)C3CCNCC3)c12.Cl. The average Bonchev–Trinajstić information content (AvgIpc) is 3.48. The molecular weight excluding hydrogens is 376 g/mol. The number of fused-ring (bicyclic) bond motifs is 1. The number of hydrogen-bond acceptors (Lipinski definition) is 5. The lowest BCUT2D eigenvalue weighted by molar-refractivity contribution is 0.0644. The molecule has 1 saturated heterocycles. The predicted molar refractivity (Wildman–Crippen MR) is 112 cm³/mol. The van der Waals surface area contributed by atoms with Crippen LogP contribution >= 0.6 is 12.4 Å². The van der Waals surface area contributed by atoms with E-state index in [4.69, 9.17) is 9.51 Å². The maximum Gasteiger partial charge on any atom is 0.259 e. The minimum Gasteiger partial charge on any atom is -0.336 e. The van der Waals surface area contributed by atoms with Crippen LogP contribution in [0, 0.1) is 0 Å². The average molecular weight is 407 g/mol. The third kappa shape index (κ3) is 4.18. The van der Waals surface area contributed by atoms with Crippen molar-refractivity contribution >= 4 is 29.4 Å². The molecule has 2 fully saturated rings. The predicted octanol–water partition coefficient (Wildman–Crippen LogP) is 4.08. The number of rotatable bonds is 7. The molecule has 2 aromatic heterocycles. The zero-order valence-electron chi connectivity index (χ0n) is 16.9. The van der Waals surface area contributed by atoms with Crippen molar-refractivity contribution in [3.05, 3.63) is 23.0 Å². The van der Waals surface area contributed by atoms with Gasteiger partial charge >= 0.3 is 0 Å². The molecule has 1 amide bonds. The molecule has 1 N–H and O–H groups in total. The molecule has 28 heavy (non-hydrogen) atoms. The molecule has 0 atom stereocenters. The molecule has 0 spiro atoms. The van der Waals surface area contributed by atoms with Crippen LogP contribution in [0.5, 0.6) is 0 Å². The lowest BCUT2D eigenvalue weighted by Crippen LogP contribution is -2.46. The molecule has 0 aromatic carbocycles. The molecule has 1 saturated carbocycles. The van der Waals surface area contributed by atoms with Gasteiger partial charge in [0.1, 0.15) is 0 Å². The van der Waals surface area contributed by atoms with Crippen molar-refractivity contribution in [1.82, 2.24) is 20.4 Å². The first-order chi connectivity index (χ1) is 13.2. The number of amides is 1. The number of carbonyl (C=O) groups is 1. The summed E-state index contributed by atoms with van der Waals surface area (Å²) in [4.78, 5) is 20.5. The molecule has 0 unspecified atom stereocenters. The third-order valence-corrected chi connectivity index (χ3v) is 5.72. The van der Waals surface area contributed by atoms with Crippen molar-refractivity contribution in [3.8, 4) is 0 Å². The Labute approximate surface area is 172 Å². The van der Waals surface area contributed by atoms with Crippen LogP contribution in [0.15, 0.2) is 10.6 Å². The highest BCUT2D eigenvalue weighted by Crippen LogP contribution is 2.41. The van der Waals surface area contributed by atoms with Crippen LogP contribution < -0.4 is 5.32 Å². The van der Waals surface area contributed by atoms with E-state index in [-0.39, 0.29) is 18.3 Å². The lowest BCUT2D eigenvalue weighted by Gasteiger charge is -2.34. The Morgan fingerprint density at radius 2 is 1.96 bits per heavy atom. The van der Waals surface area contributed by atoms with E-state index >= 15 is 0 Å². The van der Waals surface area contributed by atoms with Gasteiger partial charge in [0, 0.05) is 24.2 Å². The van der Waals surface area contributed by atoms with E-state index < -0.39 is 0 Å². The molecule has 0 bridgehead atoms. The fourth-order valence-electron chi connectivity index (χ4n) is 4.16. The zero-order valence-corrected chi connectivity index (χ0v) is 17.7. The Bertz CT molecular complexity index is 812. The number of halogens is 1. The van der Waals surface area contributed by atoms with Gasteiger partial charge in [0.15, 0.2) is 0 Å². The zero-order chi connectivity index (χ0) is 18.8. The van der Waals surface area contributed by atoms with E-state index in [2.05, 4.69) is 29.2 Å². The molecule has 7 heteroatoms. The van der Waals surface area contributed by atoms with Gasteiger partial charge in [-0.05, 0) is 57.7 Å². The maximum absolute atomic E-state index is 13.7. The Kier molecular flexibility index (Phi) is 6.94. The van der Waals surface area contributed by atoms with Crippen LogP contribution in [0.4, 0.5) is 0 Å². The summed E-state index contributed by atoms with van der Waals surface area (Å²) in [5, 5.41) is 8.48. The molecule has 154 valence electrons. The summed E-state index contributed by atoms with van der Waals surface area (Å²) >= 11 is 0. The minimum atomic E-state index is 0. The number of piperidine rings is 1. The quantitative estimate of drug-likeness (QED) is 0.750. The normalized spacial score (nSPS) is 17.5. The second-order valence-corrected chi connectivity index (χ2v) is 7.91. The van der Waals surface area contributed by atoms with Gasteiger partial charge in [0.05, 0.1) is 16.6 Å². The van der Waals surface area contributed by atoms with E-state index in [0.717, 1.165) is 86.9 Å². The Morgan fingerprint density at radius 3 is 2.61 bits per heavy atom. The minimum absolute atomic E-state index is 0. The van der Waals surface area contributed by atoms with Crippen molar-refractivity contribution in [1.29, 1.82) is 0 Å². The summed E-state index contributed by atoms with van der Waals surface area (Å²) in [5.74, 6) is 0.595. The van der Waals surface area contributed by atoms with Gasteiger partial charge < -0.3 is 14.7 Å².